The summed E-state index contributed by atoms with van der Waals surface area (Å²) in [6.45, 7) is 11.3. The highest BCUT2D eigenvalue weighted by atomic mass is 15.2. The summed E-state index contributed by atoms with van der Waals surface area (Å²) in [7, 11) is 0. The topological polar surface area (TPSA) is 152 Å². The molecule has 4 heterocycles. The molecule has 34 heavy (non-hydrogen) atoms. The molecule has 0 bridgehead atoms. The highest BCUT2D eigenvalue weighted by Gasteiger charge is 2.41. The molecule has 9 nitrogen and oxygen atoms in total. The van der Waals surface area contributed by atoms with E-state index < -0.39 is 6.04 Å². The number of nitrogen functional groups attached to an aromatic ring is 2. The molecular weight excluding hydrogens is 426 g/mol. The van der Waals surface area contributed by atoms with Crippen molar-refractivity contribution in [2.75, 3.05) is 34.8 Å². The molecule has 2 aromatic rings. The number of hydrogen-bond donors (Lipinski definition) is 4. The third kappa shape index (κ3) is 3.12. The lowest BCUT2D eigenvalue weighted by atomic mass is 9.68. The summed E-state index contributed by atoms with van der Waals surface area (Å²) in [5.41, 5.74) is 18.4. The molecule has 1 unspecified atom stereocenters. The van der Waals surface area contributed by atoms with Crippen molar-refractivity contribution < 1.29 is 0 Å². The summed E-state index contributed by atoms with van der Waals surface area (Å²) in [6.07, 6.45) is 4.04. The minimum Gasteiger partial charge on any atom is -0.397 e. The zero-order chi connectivity index (χ0) is 24.4. The predicted molar refractivity (Wildman–Crippen MR) is 133 cm³/mol. The molecule has 1 aromatic carbocycles. The number of nitrogens with one attached hydrogen (secondary N) is 2. The molecular formula is C25H29N9. The number of nitrogens with two attached hydrogens (primary N) is 2. The van der Waals surface area contributed by atoms with Gasteiger partial charge in [-0.05, 0) is 40.4 Å². The monoisotopic (exact) mass is 455 g/mol. The highest BCUT2D eigenvalue weighted by Crippen LogP contribution is 2.51. The number of fused-ring (bicyclic) bond motifs is 1. The molecule has 6 N–H and O–H groups in total. The summed E-state index contributed by atoms with van der Waals surface area (Å²) in [5.74, 6) is 0.711. The number of benzene rings is 1. The zero-order valence-electron chi connectivity index (χ0n) is 20.0. The van der Waals surface area contributed by atoms with Gasteiger partial charge in [0.25, 0.3) is 0 Å². The number of guanidine groups is 1. The molecule has 5 rings (SSSR count). The van der Waals surface area contributed by atoms with Crippen molar-refractivity contribution in [2.24, 2.45) is 4.99 Å². The molecule has 0 amide bonds. The average molecular weight is 456 g/mol. The van der Waals surface area contributed by atoms with Crippen LogP contribution in [-0.4, -0.2) is 24.0 Å². The molecule has 3 aliphatic heterocycles. The van der Waals surface area contributed by atoms with Crippen molar-refractivity contribution in [3.63, 3.8) is 0 Å². The Kier molecular flexibility index (Phi) is 4.66. The number of pyridine rings is 1. The quantitative estimate of drug-likeness (QED) is 0.378. The van der Waals surface area contributed by atoms with Crippen molar-refractivity contribution in [1.29, 1.82) is 10.5 Å². The van der Waals surface area contributed by atoms with E-state index in [2.05, 4.69) is 66.4 Å². The first-order chi connectivity index (χ1) is 16.1. The number of nitrogens with zero attached hydrogens (tertiary/aromatic N) is 5. The minimum absolute atomic E-state index is 0.0000659. The van der Waals surface area contributed by atoms with E-state index in [1.54, 1.807) is 0 Å². The van der Waals surface area contributed by atoms with Gasteiger partial charge in [0.15, 0.2) is 6.19 Å². The van der Waals surface area contributed by atoms with Crippen molar-refractivity contribution >= 4 is 29.0 Å². The smallest absolute Gasteiger partial charge is 0.211 e. The standard InChI is InChI=1S/C25H29N9/c1-24(2)5-7-34-8-6-25(3,4)16-10-13(9-15(24)20(16)34)19-17-18(28)14(11-26)21(29)32-22(17)33-23(31-19)30-12-27/h9-10,19H,5-8H2,1-4H3,(H6,28,29,30,31,32,33). The fourth-order valence-corrected chi connectivity index (χ4v) is 5.44. The summed E-state index contributed by atoms with van der Waals surface area (Å²) >= 11 is 0. The van der Waals surface area contributed by atoms with Crippen LogP contribution in [0.25, 0.3) is 0 Å². The number of anilines is 4. The lowest BCUT2D eigenvalue weighted by Crippen LogP contribution is -2.45. The van der Waals surface area contributed by atoms with E-state index in [1.807, 2.05) is 6.19 Å². The van der Waals surface area contributed by atoms with Gasteiger partial charge < -0.3 is 21.7 Å². The molecule has 0 spiro atoms. The Labute approximate surface area is 199 Å². The van der Waals surface area contributed by atoms with Crippen LogP contribution in [0.3, 0.4) is 0 Å². The number of nitriles is 2. The fraction of sp³-hybridized carbons (Fsp3) is 0.440. The Morgan fingerprint density at radius 3 is 2.26 bits per heavy atom. The van der Waals surface area contributed by atoms with Crippen LogP contribution >= 0.6 is 0 Å². The minimum atomic E-state index is -0.544. The third-order valence-corrected chi connectivity index (χ3v) is 7.59. The lowest BCUT2D eigenvalue weighted by Gasteiger charge is -2.48. The molecule has 0 aliphatic carbocycles. The lowest BCUT2D eigenvalue weighted by molar-refractivity contribution is 0.400. The SMILES string of the molecule is CC1(C)CCN2CCC(C)(C)c3cc(C4N=C(NC#N)Nc5nc(N)c(C#N)c(N)c54)cc1c32. The second-order valence-corrected chi connectivity index (χ2v) is 10.6. The van der Waals surface area contributed by atoms with E-state index in [0.29, 0.717) is 11.4 Å². The maximum absolute atomic E-state index is 9.64. The van der Waals surface area contributed by atoms with Crippen molar-refractivity contribution in [3.8, 4) is 12.3 Å². The van der Waals surface area contributed by atoms with Crippen LogP contribution in [-0.2, 0) is 10.8 Å². The molecule has 0 fully saturated rings. The van der Waals surface area contributed by atoms with Gasteiger partial charge in [-0.2, -0.15) is 10.5 Å². The fourth-order valence-electron chi connectivity index (χ4n) is 5.44. The van der Waals surface area contributed by atoms with Gasteiger partial charge in [-0.3, -0.25) is 5.32 Å². The Morgan fingerprint density at radius 1 is 1.09 bits per heavy atom. The second kappa shape index (κ2) is 7.26. The molecule has 1 atom stereocenters. The maximum Gasteiger partial charge on any atom is 0.211 e. The van der Waals surface area contributed by atoms with Crippen LogP contribution in [0.15, 0.2) is 17.1 Å². The van der Waals surface area contributed by atoms with Crippen molar-refractivity contribution in [2.45, 2.75) is 57.4 Å². The van der Waals surface area contributed by atoms with Gasteiger partial charge in [0.05, 0.1) is 5.69 Å². The van der Waals surface area contributed by atoms with E-state index in [4.69, 9.17) is 16.5 Å². The summed E-state index contributed by atoms with van der Waals surface area (Å²) < 4.78 is 0. The first-order valence-corrected chi connectivity index (χ1v) is 11.5. The zero-order valence-corrected chi connectivity index (χ0v) is 20.0. The van der Waals surface area contributed by atoms with Crippen LogP contribution in [0.1, 0.15) is 74.4 Å². The van der Waals surface area contributed by atoms with Crippen LogP contribution in [0.4, 0.5) is 23.0 Å². The van der Waals surface area contributed by atoms with E-state index in [9.17, 15) is 10.5 Å². The molecule has 0 saturated heterocycles. The first-order valence-electron chi connectivity index (χ1n) is 11.5. The van der Waals surface area contributed by atoms with Gasteiger partial charge in [0, 0.05) is 24.3 Å². The van der Waals surface area contributed by atoms with Crippen LogP contribution in [0.2, 0.25) is 0 Å². The molecule has 1 aromatic heterocycles. The molecule has 0 saturated carbocycles. The Bertz CT molecular complexity index is 1280. The molecule has 0 radical (unpaired) electrons. The first kappa shape index (κ1) is 21.8. The van der Waals surface area contributed by atoms with E-state index >= 15 is 0 Å². The van der Waals surface area contributed by atoms with Crippen LogP contribution < -0.4 is 27.0 Å². The predicted octanol–water partition coefficient (Wildman–Crippen LogP) is 3.23. The highest BCUT2D eigenvalue weighted by molar-refractivity contribution is 5.98. The van der Waals surface area contributed by atoms with E-state index in [1.165, 1.54) is 16.8 Å². The summed E-state index contributed by atoms with van der Waals surface area (Å²) in [6, 6.07) is 5.98. The number of aromatic nitrogens is 1. The summed E-state index contributed by atoms with van der Waals surface area (Å²) in [5, 5.41) is 24.5. The van der Waals surface area contributed by atoms with E-state index in [0.717, 1.165) is 31.5 Å². The number of rotatable bonds is 1. The molecule has 174 valence electrons. The maximum atomic E-state index is 9.64. The van der Waals surface area contributed by atoms with Gasteiger partial charge in [0.2, 0.25) is 5.96 Å². The van der Waals surface area contributed by atoms with Crippen LogP contribution in [0.5, 0.6) is 0 Å². The van der Waals surface area contributed by atoms with Crippen molar-refractivity contribution in [1.82, 2.24) is 10.3 Å². The van der Waals surface area contributed by atoms with Gasteiger partial charge in [-0.15, -0.1) is 0 Å². The van der Waals surface area contributed by atoms with Gasteiger partial charge in [-0.25, -0.2) is 9.98 Å². The van der Waals surface area contributed by atoms with Crippen LogP contribution in [0, 0.1) is 22.8 Å². The Hall–Kier alpha value is -3.98. The van der Waals surface area contributed by atoms with Gasteiger partial charge in [-0.1, -0.05) is 39.8 Å². The Balaban J connectivity index is 1.80. The van der Waals surface area contributed by atoms with E-state index in [-0.39, 0.29) is 33.9 Å². The van der Waals surface area contributed by atoms with Gasteiger partial charge >= 0.3 is 0 Å². The molecule has 3 aliphatic rings. The largest absolute Gasteiger partial charge is 0.397 e. The number of aliphatic imine (C=N–C) groups is 1. The van der Waals surface area contributed by atoms with Gasteiger partial charge in [0.1, 0.15) is 29.3 Å². The average Bonchev–Trinajstić information content (AvgIpc) is 2.77. The second-order valence-electron chi connectivity index (χ2n) is 10.6. The normalized spacial score (nSPS) is 21.2. The summed E-state index contributed by atoms with van der Waals surface area (Å²) in [4.78, 5) is 11.7. The molecule has 9 heteroatoms. The third-order valence-electron chi connectivity index (χ3n) is 7.59. The Morgan fingerprint density at radius 2 is 1.71 bits per heavy atom. The van der Waals surface area contributed by atoms with Crippen molar-refractivity contribution in [3.05, 3.63) is 39.9 Å². The number of hydrogen-bond acceptors (Lipinski definition) is 9.